The van der Waals surface area contributed by atoms with Gasteiger partial charge in [-0.3, -0.25) is 4.79 Å². The molecule has 0 bridgehead atoms. The number of likely N-dealkylation sites (tertiary alicyclic amines) is 1. The first kappa shape index (κ1) is 15.6. The van der Waals surface area contributed by atoms with Crippen LogP contribution in [-0.4, -0.2) is 35.1 Å². The van der Waals surface area contributed by atoms with Crippen molar-refractivity contribution in [3.05, 3.63) is 34.9 Å². The lowest BCUT2D eigenvalue weighted by atomic mass is 10.0. The van der Waals surface area contributed by atoms with Crippen molar-refractivity contribution < 1.29 is 9.90 Å². The van der Waals surface area contributed by atoms with Crippen molar-refractivity contribution in [3.8, 4) is 11.8 Å². The van der Waals surface area contributed by atoms with Gasteiger partial charge in [-0.25, -0.2) is 0 Å². The molecule has 1 saturated heterocycles. The minimum Gasteiger partial charge on any atom is -0.395 e. The molecule has 1 aromatic rings. The molecule has 1 aliphatic heterocycles. The van der Waals surface area contributed by atoms with Gasteiger partial charge < -0.3 is 10.0 Å². The molecule has 1 unspecified atom stereocenters. The number of hydrogen-bond acceptors (Lipinski definition) is 2. The second kappa shape index (κ2) is 7.28. The summed E-state index contributed by atoms with van der Waals surface area (Å²) in [5.74, 6) is 6.03. The predicted octanol–water partition coefficient (Wildman–Crippen LogP) is 2.74. The molecule has 3 heteroatoms. The highest BCUT2D eigenvalue weighted by Crippen LogP contribution is 2.23. The van der Waals surface area contributed by atoms with E-state index in [2.05, 4.69) is 18.8 Å². The fourth-order valence-corrected chi connectivity index (χ4v) is 2.83. The molecule has 1 aliphatic rings. The van der Waals surface area contributed by atoms with Crippen LogP contribution in [0.15, 0.2) is 18.2 Å². The van der Waals surface area contributed by atoms with Gasteiger partial charge in [0.2, 0.25) is 0 Å². The Kier molecular flexibility index (Phi) is 5.41. The zero-order valence-corrected chi connectivity index (χ0v) is 12.9. The summed E-state index contributed by atoms with van der Waals surface area (Å²) in [5, 5.41) is 8.77. The first-order chi connectivity index (χ1) is 10.2. The second-order valence-electron chi connectivity index (χ2n) is 5.51. The molecule has 0 radical (unpaired) electrons. The fraction of sp³-hybridized carbons (Fsp3) is 0.500. The number of benzene rings is 1. The maximum absolute atomic E-state index is 12.8. The van der Waals surface area contributed by atoms with Crippen molar-refractivity contribution in [2.45, 2.75) is 45.6 Å². The van der Waals surface area contributed by atoms with E-state index in [-0.39, 0.29) is 12.5 Å². The monoisotopic (exact) mass is 285 g/mol. The van der Waals surface area contributed by atoms with E-state index in [9.17, 15) is 4.79 Å². The summed E-state index contributed by atoms with van der Waals surface area (Å²) in [7, 11) is 0. The number of carbonyl (C=O) groups is 1. The summed E-state index contributed by atoms with van der Waals surface area (Å²) in [4.78, 5) is 14.8. The molecule has 21 heavy (non-hydrogen) atoms. The number of carbonyl (C=O) groups excluding carboxylic acids is 1. The Balaban J connectivity index is 2.24. The van der Waals surface area contributed by atoms with E-state index in [1.54, 1.807) is 0 Å². The molecule has 1 fully saturated rings. The molecule has 0 saturated carbocycles. The summed E-state index contributed by atoms with van der Waals surface area (Å²) < 4.78 is 0. The van der Waals surface area contributed by atoms with Gasteiger partial charge in [0, 0.05) is 30.1 Å². The molecule has 3 nitrogen and oxygen atoms in total. The minimum absolute atomic E-state index is 0.0661. The molecule has 1 atom stereocenters. The minimum atomic E-state index is 0.0661. The predicted molar refractivity (Wildman–Crippen MR) is 84.1 cm³/mol. The van der Waals surface area contributed by atoms with Gasteiger partial charge in [0.15, 0.2) is 0 Å². The number of rotatable bonds is 3. The van der Waals surface area contributed by atoms with Crippen LogP contribution in [0.3, 0.4) is 0 Å². The van der Waals surface area contributed by atoms with Crippen molar-refractivity contribution >= 4 is 5.91 Å². The highest BCUT2D eigenvalue weighted by atomic mass is 16.2. The number of nitrogens with zero attached hydrogens (tertiary/aromatic N) is 1. The standard InChI is InChI=1S/C18H23NO2/c1-3-16-8-6-11-19(16)18(21)17-13-15(7-4-5-12-20)10-9-14(17)2/h9-10,13,16,20H,3,5-6,8,11-12H2,1-2H3. The average Bonchev–Trinajstić information content (AvgIpc) is 2.97. The van der Waals surface area contributed by atoms with E-state index in [1.807, 2.05) is 30.0 Å². The number of aryl methyl sites for hydroxylation is 1. The maximum Gasteiger partial charge on any atom is 0.254 e. The van der Waals surface area contributed by atoms with Gasteiger partial charge in [-0.05, 0) is 43.9 Å². The quantitative estimate of drug-likeness (QED) is 0.868. The molecule has 1 aromatic carbocycles. The maximum atomic E-state index is 12.8. The largest absolute Gasteiger partial charge is 0.395 e. The topological polar surface area (TPSA) is 40.5 Å². The highest BCUT2D eigenvalue weighted by molar-refractivity contribution is 5.96. The van der Waals surface area contributed by atoms with E-state index in [4.69, 9.17) is 5.11 Å². The summed E-state index contributed by atoms with van der Waals surface area (Å²) in [6.45, 7) is 5.03. The Morgan fingerprint density at radius 1 is 1.48 bits per heavy atom. The second-order valence-corrected chi connectivity index (χ2v) is 5.51. The van der Waals surface area contributed by atoms with Crippen molar-refractivity contribution in [1.82, 2.24) is 4.90 Å². The summed E-state index contributed by atoms with van der Waals surface area (Å²) in [6.07, 6.45) is 3.68. The Bertz CT molecular complexity index is 568. The van der Waals surface area contributed by atoms with Gasteiger partial charge in [-0.2, -0.15) is 0 Å². The SMILES string of the molecule is CCC1CCCN1C(=O)c1cc(C#CCCO)ccc1C. The summed E-state index contributed by atoms with van der Waals surface area (Å²) in [5.41, 5.74) is 2.59. The lowest BCUT2D eigenvalue weighted by Crippen LogP contribution is -2.35. The molecule has 2 rings (SSSR count). The van der Waals surface area contributed by atoms with E-state index in [0.717, 1.165) is 42.5 Å². The molecule has 0 aliphatic carbocycles. The van der Waals surface area contributed by atoms with Crippen LogP contribution in [0.5, 0.6) is 0 Å². The molecular formula is C18H23NO2. The lowest BCUT2D eigenvalue weighted by Gasteiger charge is -2.24. The molecule has 0 aromatic heterocycles. The number of hydrogen-bond donors (Lipinski definition) is 1. The smallest absolute Gasteiger partial charge is 0.254 e. The van der Waals surface area contributed by atoms with E-state index in [1.165, 1.54) is 0 Å². The molecule has 1 heterocycles. The highest BCUT2D eigenvalue weighted by Gasteiger charge is 2.28. The number of aliphatic hydroxyl groups is 1. The van der Waals surface area contributed by atoms with Crippen molar-refractivity contribution in [2.24, 2.45) is 0 Å². The third-order valence-electron chi connectivity index (χ3n) is 4.05. The van der Waals surface area contributed by atoms with Crippen LogP contribution in [0.4, 0.5) is 0 Å². The molecule has 1 N–H and O–H groups in total. The third kappa shape index (κ3) is 3.65. The van der Waals surface area contributed by atoms with Crippen LogP contribution in [0.2, 0.25) is 0 Å². The van der Waals surface area contributed by atoms with Crippen molar-refractivity contribution in [2.75, 3.05) is 13.2 Å². The van der Waals surface area contributed by atoms with Crippen LogP contribution in [0.1, 0.15) is 54.1 Å². The number of aliphatic hydroxyl groups excluding tert-OH is 1. The van der Waals surface area contributed by atoms with E-state index in [0.29, 0.717) is 12.5 Å². The zero-order chi connectivity index (χ0) is 15.2. The van der Waals surface area contributed by atoms with Gasteiger partial charge in [-0.15, -0.1) is 0 Å². The Morgan fingerprint density at radius 3 is 3.00 bits per heavy atom. The van der Waals surface area contributed by atoms with Gasteiger partial charge in [0.25, 0.3) is 5.91 Å². The van der Waals surface area contributed by atoms with Gasteiger partial charge >= 0.3 is 0 Å². The first-order valence-electron chi connectivity index (χ1n) is 7.68. The van der Waals surface area contributed by atoms with E-state index >= 15 is 0 Å². The van der Waals surface area contributed by atoms with Crippen LogP contribution < -0.4 is 0 Å². The zero-order valence-electron chi connectivity index (χ0n) is 12.9. The normalized spacial score (nSPS) is 17.5. The van der Waals surface area contributed by atoms with E-state index < -0.39 is 0 Å². The molecule has 1 amide bonds. The van der Waals surface area contributed by atoms with Crippen molar-refractivity contribution in [3.63, 3.8) is 0 Å². The van der Waals surface area contributed by atoms with Crippen LogP contribution in [0, 0.1) is 18.8 Å². The Labute approximate surface area is 127 Å². The first-order valence-corrected chi connectivity index (χ1v) is 7.68. The molecule has 112 valence electrons. The number of amides is 1. The van der Waals surface area contributed by atoms with Gasteiger partial charge in [0.05, 0.1) is 6.61 Å². The van der Waals surface area contributed by atoms with Gasteiger partial charge in [-0.1, -0.05) is 24.8 Å². The van der Waals surface area contributed by atoms with Crippen LogP contribution in [0.25, 0.3) is 0 Å². The summed E-state index contributed by atoms with van der Waals surface area (Å²) in [6, 6.07) is 6.14. The molecular weight excluding hydrogens is 262 g/mol. The Hall–Kier alpha value is -1.79. The van der Waals surface area contributed by atoms with Gasteiger partial charge in [0.1, 0.15) is 0 Å². The van der Waals surface area contributed by atoms with Crippen molar-refractivity contribution in [1.29, 1.82) is 0 Å². The van der Waals surface area contributed by atoms with Crippen LogP contribution >= 0.6 is 0 Å². The Morgan fingerprint density at radius 2 is 2.29 bits per heavy atom. The average molecular weight is 285 g/mol. The summed E-state index contributed by atoms with van der Waals surface area (Å²) >= 11 is 0. The molecule has 0 spiro atoms. The van der Waals surface area contributed by atoms with Crippen LogP contribution in [-0.2, 0) is 0 Å². The third-order valence-corrected chi connectivity index (χ3v) is 4.05. The lowest BCUT2D eigenvalue weighted by molar-refractivity contribution is 0.0733. The fourth-order valence-electron chi connectivity index (χ4n) is 2.83.